The van der Waals surface area contributed by atoms with E-state index < -0.39 is 0 Å². The third kappa shape index (κ3) is 1.75. The summed E-state index contributed by atoms with van der Waals surface area (Å²) in [5.41, 5.74) is 1.41. The fourth-order valence-corrected chi connectivity index (χ4v) is 2.27. The summed E-state index contributed by atoms with van der Waals surface area (Å²) in [5.74, 6) is 1.70. The summed E-state index contributed by atoms with van der Waals surface area (Å²) in [4.78, 5) is 12.0. The fourth-order valence-electron chi connectivity index (χ4n) is 2.27. The third-order valence-electron chi connectivity index (χ3n) is 3.46. The number of methoxy groups -OCH3 is 2. The molecule has 5 heteroatoms. The fraction of sp³-hybridized carbons (Fsp3) is 0.462. The summed E-state index contributed by atoms with van der Waals surface area (Å²) in [6.45, 7) is 0. The number of amides is 1. The first-order chi connectivity index (χ1) is 8.72. The average molecular weight is 248 g/mol. The van der Waals surface area contributed by atoms with Crippen molar-refractivity contribution >= 4 is 11.6 Å². The summed E-state index contributed by atoms with van der Waals surface area (Å²) in [6, 6.07) is 3.53. The van der Waals surface area contributed by atoms with E-state index in [1.807, 2.05) is 6.07 Å². The smallest absolute Gasteiger partial charge is 0.255 e. The van der Waals surface area contributed by atoms with E-state index in [4.69, 9.17) is 9.47 Å². The van der Waals surface area contributed by atoms with Gasteiger partial charge in [0.25, 0.3) is 5.91 Å². The van der Waals surface area contributed by atoms with Crippen LogP contribution in [0.15, 0.2) is 12.1 Å². The van der Waals surface area contributed by atoms with E-state index in [0.29, 0.717) is 23.0 Å². The summed E-state index contributed by atoms with van der Waals surface area (Å²) >= 11 is 0. The summed E-state index contributed by atoms with van der Waals surface area (Å²) < 4.78 is 10.5. The van der Waals surface area contributed by atoms with Gasteiger partial charge in [-0.3, -0.25) is 4.79 Å². The van der Waals surface area contributed by atoms with Gasteiger partial charge in [-0.1, -0.05) is 0 Å². The van der Waals surface area contributed by atoms with Crippen LogP contribution in [0.1, 0.15) is 23.2 Å². The zero-order valence-corrected chi connectivity index (χ0v) is 10.4. The molecule has 0 spiro atoms. The number of benzene rings is 1. The van der Waals surface area contributed by atoms with Gasteiger partial charge in [-0.25, -0.2) is 0 Å². The second-order valence-electron chi connectivity index (χ2n) is 4.69. The molecule has 0 bridgehead atoms. The average Bonchev–Trinajstić information content (AvgIpc) is 3.21. The number of nitrogens with one attached hydrogen (secondary N) is 2. The van der Waals surface area contributed by atoms with Crippen molar-refractivity contribution < 1.29 is 14.3 Å². The van der Waals surface area contributed by atoms with Gasteiger partial charge >= 0.3 is 0 Å². The molecule has 1 atom stereocenters. The number of hydrogen-bond donors (Lipinski definition) is 2. The zero-order valence-electron chi connectivity index (χ0n) is 10.4. The Morgan fingerprint density at radius 1 is 1.11 bits per heavy atom. The predicted octanol–water partition coefficient (Wildman–Crippen LogP) is 1.60. The van der Waals surface area contributed by atoms with Crippen molar-refractivity contribution in [1.82, 2.24) is 5.32 Å². The molecule has 2 aliphatic rings. The minimum atomic E-state index is -0.0541. The van der Waals surface area contributed by atoms with E-state index in [1.54, 1.807) is 20.3 Å². The molecule has 0 aromatic heterocycles. The highest BCUT2D eigenvalue weighted by atomic mass is 16.5. The number of fused-ring (bicyclic) bond motifs is 1. The Labute approximate surface area is 105 Å². The minimum Gasteiger partial charge on any atom is -0.493 e. The van der Waals surface area contributed by atoms with Crippen LogP contribution in [0.5, 0.6) is 11.5 Å². The topological polar surface area (TPSA) is 59.6 Å². The van der Waals surface area contributed by atoms with Crippen LogP contribution in [-0.2, 0) is 0 Å². The Morgan fingerprint density at radius 3 is 2.39 bits per heavy atom. The largest absolute Gasteiger partial charge is 0.493 e. The van der Waals surface area contributed by atoms with E-state index >= 15 is 0 Å². The van der Waals surface area contributed by atoms with Gasteiger partial charge in [0.15, 0.2) is 11.5 Å². The number of carbonyl (C=O) groups is 1. The molecule has 1 heterocycles. The van der Waals surface area contributed by atoms with Crippen LogP contribution in [-0.4, -0.2) is 26.3 Å². The molecule has 1 fully saturated rings. The normalized spacial score (nSPS) is 21.7. The van der Waals surface area contributed by atoms with Crippen molar-refractivity contribution in [2.24, 2.45) is 5.92 Å². The zero-order chi connectivity index (χ0) is 12.7. The van der Waals surface area contributed by atoms with E-state index in [9.17, 15) is 4.79 Å². The summed E-state index contributed by atoms with van der Waals surface area (Å²) in [5, 5.41) is 6.32. The van der Waals surface area contributed by atoms with E-state index in [0.717, 1.165) is 5.69 Å². The molecule has 18 heavy (non-hydrogen) atoms. The van der Waals surface area contributed by atoms with Crippen LogP contribution in [0.3, 0.4) is 0 Å². The molecule has 1 amide bonds. The molecular formula is C13H16N2O3. The third-order valence-corrected chi connectivity index (χ3v) is 3.46. The first-order valence-corrected chi connectivity index (χ1v) is 6.06. The Bertz CT molecular complexity index is 497. The lowest BCUT2D eigenvalue weighted by atomic mass is 10.1. The van der Waals surface area contributed by atoms with Gasteiger partial charge in [0.2, 0.25) is 0 Å². The quantitative estimate of drug-likeness (QED) is 0.853. The van der Waals surface area contributed by atoms with Gasteiger partial charge in [-0.2, -0.15) is 0 Å². The predicted molar refractivity (Wildman–Crippen MR) is 67.1 cm³/mol. The Kier molecular flexibility index (Phi) is 2.54. The van der Waals surface area contributed by atoms with Crippen LogP contribution in [0.4, 0.5) is 5.69 Å². The number of carbonyl (C=O) groups excluding carboxylic acids is 1. The van der Waals surface area contributed by atoms with Crippen LogP contribution >= 0.6 is 0 Å². The highest BCUT2D eigenvalue weighted by Crippen LogP contribution is 2.39. The highest BCUT2D eigenvalue weighted by molar-refractivity contribution is 6.02. The van der Waals surface area contributed by atoms with Gasteiger partial charge in [0, 0.05) is 6.07 Å². The van der Waals surface area contributed by atoms with Crippen molar-refractivity contribution in [3.63, 3.8) is 0 Å². The van der Waals surface area contributed by atoms with Crippen LogP contribution in [0.25, 0.3) is 0 Å². The van der Waals surface area contributed by atoms with Crippen molar-refractivity contribution in [2.45, 2.75) is 19.0 Å². The molecular weight excluding hydrogens is 232 g/mol. The number of anilines is 1. The molecule has 1 saturated carbocycles. The van der Waals surface area contributed by atoms with Crippen LogP contribution in [0, 0.1) is 5.92 Å². The monoisotopic (exact) mass is 248 g/mol. The van der Waals surface area contributed by atoms with Crippen molar-refractivity contribution in [3.05, 3.63) is 17.7 Å². The van der Waals surface area contributed by atoms with Crippen LogP contribution in [0.2, 0.25) is 0 Å². The van der Waals surface area contributed by atoms with Crippen LogP contribution < -0.4 is 20.1 Å². The van der Waals surface area contributed by atoms with Gasteiger partial charge in [-0.05, 0) is 24.8 Å². The van der Waals surface area contributed by atoms with Gasteiger partial charge < -0.3 is 20.1 Å². The molecule has 1 aliphatic heterocycles. The first-order valence-electron chi connectivity index (χ1n) is 6.06. The van der Waals surface area contributed by atoms with Gasteiger partial charge in [-0.15, -0.1) is 0 Å². The van der Waals surface area contributed by atoms with Gasteiger partial charge in [0.1, 0.15) is 6.17 Å². The highest BCUT2D eigenvalue weighted by Gasteiger charge is 2.36. The number of hydrogen-bond acceptors (Lipinski definition) is 4. The lowest BCUT2D eigenvalue weighted by Crippen LogP contribution is -2.46. The van der Waals surface area contributed by atoms with Crippen molar-refractivity contribution in [1.29, 1.82) is 0 Å². The van der Waals surface area contributed by atoms with Gasteiger partial charge in [0.05, 0.1) is 25.5 Å². The van der Waals surface area contributed by atoms with Crippen molar-refractivity contribution in [2.75, 3.05) is 19.5 Å². The summed E-state index contributed by atoms with van der Waals surface area (Å²) in [6.07, 6.45) is 2.38. The Balaban J connectivity index is 1.99. The molecule has 1 aliphatic carbocycles. The first kappa shape index (κ1) is 11.2. The maximum atomic E-state index is 12.0. The van der Waals surface area contributed by atoms with E-state index in [-0.39, 0.29) is 12.1 Å². The van der Waals surface area contributed by atoms with E-state index in [1.165, 1.54) is 12.8 Å². The molecule has 5 nitrogen and oxygen atoms in total. The summed E-state index contributed by atoms with van der Waals surface area (Å²) in [7, 11) is 3.15. The second kappa shape index (κ2) is 4.08. The molecule has 96 valence electrons. The molecule has 1 aromatic rings. The SMILES string of the molecule is COc1cc2c(cc1OC)C(=O)N[C@H](C1CC1)N2. The van der Waals surface area contributed by atoms with E-state index in [2.05, 4.69) is 10.6 Å². The molecule has 2 N–H and O–H groups in total. The molecule has 0 unspecified atom stereocenters. The lowest BCUT2D eigenvalue weighted by Gasteiger charge is -2.28. The molecule has 0 radical (unpaired) electrons. The molecule has 1 aromatic carbocycles. The maximum absolute atomic E-state index is 12.0. The number of rotatable bonds is 3. The standard InChI is InChI=1S/C13H16N2O3/c1-17-10-5-8-9(6-11(10)18-2)14-12(7-3-4-7)15-13(8)16/h5-7,12,14H,3-4H2,1-2H3,(H,15,16)/t12-/m1/s1. The lowest BCUT2D eigenvalue weighted by molar-refractivity contribution is 0.0931. The number of ether oxygens (including phenoxy) is 2. The molecule has 3 rings (SSSR count). The van der Waals surface area contributed by atoms with Crippen molar-refractivity contribution in [3.8, 4) is 11.5 Å². The molecule has 0 saturated heterocycles. The second-order valence-corrected chi connectivity index (χ2v) is 4.69. The Morgan fingerprint density at radius 2 is 1.78 bits per heavy atom. The Hall–Kier alpha value is -1.91. The minimum absolute atomic E-state index is 0.0445. The maximum Gasteiger partial charge on any atom is 0.255 e.